The number of nitrogens with two attached hydrogens (primary N) is 1. The summed E-state index contributed by atoms with van der Waals surface area (Å²) in [4.78, 5) is 11.9. The Bertz CT molecular complexity index is 264. The van der Waals surface area contributed by atoms with E-state index in [4.69, 9.17) is 10.5 Å². The number of ether oxygens (including phenoxy) is 1. The van der Waals surface area contributed by atoms with E-state index in [0.29, 0.717) is 12.5 Å². The van der Waals surface area contributed by atoms with Gasteiger partial charge in [-0.15, -0.1) is 0 Å². The summed E-state index contributed by atoms with van der Waals surface area (Å²) in [6.07, 6.45) is 0.531. The molecule has 0 radical (unpaired) electrons. The van der Waals surface area contributed by atoms with Crippen LogP contribution in [0.5, 0.6) is 0 Å². The van der Waals surface area contributed by atoms with E-state index in [1.54, 1.807) is 0 Å². The van der Waals surface area contributed by atoms with Gasteiger partial charge in [-0.1, -0.05) is 27.7 Å². The van der Waals surface area contributed by atoms with Crippen molar-refractivity contribution in [2.24, 2.45) is 17.1 Å². The third kappa shape index (κ3) is 6.84. The monoisotopic (exact) mass is 258 g/mol. The van der Waals surface area contributed by atoms with Crippen LogP contribution in [0.4, 0.5) is 4.79 Å². The van der Waals surface area contributed by atoms with Crippen molar-refractivity contribution in [1.29, 1.82) is 0 Å². The number of carbonyl (C=O) groups excluding carboxylic acids is 1. The van der Waals surface area contributed by atoms with Gasteiger partial charge in [0.15, 0.2) is 0 Å². The fourth-order valence-corrected chi connectivity index (χ4v) is 2.08. The fourth-order valence-electron chi connectivity index (χ4n) is 2.08. The maximum Gasteiger partial charge on any atom is 0.407 e. The number of hydrogen-bond donors (Lipinski definition) is 2. The predicted octanol–water partition coefficient (Wildman–Crippen LogP) is 2.91. The Morgan fingerprint density at radius 2 is 1.72 bits per heavy atom. The van der Waals surface area contributed by atoms with Gasteiger partial charge >= 0.3 is 6.09 Å². The lowest BCUT2D eigenvalue weighted by atomic mass is 9.78. The molecule has 18 heavy (non-hydrogen) atoms. The first-order valence-corrected chi connectivity index (χ1v) is 6.67. The lowest BCUT2D eigenvalue weighted by Crippen LogP contribution is -2.49. The predicted molar refractivity (Wildman–Crippen MR) is 75.4 cm³/mol. The zero-order valence-corrected chi connectivity index (χ0v) is 13.0. The van der Waals surface area contributed by atoms with Gasteiger partial charge in [0.05, 0.1) is 0 Å². The molecule has 0 fully saturated rings. The van der Waals surface area contributed by atoms with Crippen molar-refractivity contribution < 1.29 is 9.53 Å². The van der Waals surface area contributed by atoms with Crippen LogP contribution in [0.15, 0.2) is 0 Å². The van der Waals surface area contributed by atoms with Crippen LogP contribution < -0.4 is 11.1 Å². The minimum Gasteiger partial charge on any atom is -0.444 e. The zero-order valence-electron chi connectivity index (χ0n) is 13.0. The van der Waals surface area contributed by atoms with Crippen molar-refractivity contribution in [2.45, 2.75) is 66.5 Å². The summed E-state index contributed by atoms with van der Waals surface area (Å²) < 4.78 is 5.31. The van der Waals surface area contributed by atoms with E-state index in [1.165, 1.54) is 0 Å². The summed E-state index contributed by atoms with van der Waals surface area (Å²) in [5.74, 6) is 0.322. The Labute approximate surface area is 112 Å². The standard InChI is InChI=1S/C14H30N2O2/c1-10(8-9-15)11(13(2,3)4)16-12(17)18-14(5,6)7/h10-11H,8-9,15H2,1-7H3,(H,16,17). The quantitative estimate of drug-likeness (QED) is 0.815. The molecule has 1 amide bonds. The number of hydrogen-bond acceptors (Lipinski definition) is 3. The van der Waals surface area contributed by atoms with Crippen molar-refractivity contribution in [3.05, 3.63) is 0 Å². The van der Waals surface area contributed by atoms with Crippen molar-refractivity contribution in [3.63, 3.8) is 0 Å². The molecule has 0 aliphatic carbocycles. The van der Waals surface area contributed by atoms with Crippen LogP contribution in [0, 0.1) is 11.3 Å². The van der Waals surface area contributed by atoms with E-state index in [1.807, 2.05) is 20.8 Å². The molecule has 4 nitrogen and oxygen atoms in total. The molecule has 0 aromatic rings. The van der Waals surface area contributed by atoms with Crippen LogP contribution in [0.1, 0.15) is 54.9 Å². The number of nitrogens with one attached hydrogen (secondary N) is 1. The van der Waals surface area contributed by atoms with Gasteiger partial charge in [0, 0.05) is 6.04 Å². The van der Waals surface area contributed by atoms with E-state index in [2.05, 4.69) is 33.0 Å². The van der Waals surface area contributed by atoms with Crippen molar-refractivity contribution in [1.82, 2.24) is 5.32 Å². The molecule has 0 spiro atoms. The van der Waals surface area contributed by atoms with Gasteiger partial charge < -0.3 is 15.8 Å². The molecule has 0 aliphatic rings. The number of rotatable bonds is 4. The van der Waals surface area contributed by atoms with Gasteiger partial charge in [0.1, 0.15) is 5.60 Å². The molecule has 2 atom stereocenters. The third-order valence-electron chi connectivity index (χ3n) is 2.80. The maximum atomic E-state index is 11.9. The van der Waals surface area contributed by atoms with Gasteiger partial charge in [-0.3, -0.25) is 0 Å². The van der Waals surface area contributed by atoms with Gasteiger partial charge in [-0.05, 0) is 45.1 Å². The topological polar surface area (TPSA) is 64.3 Å². The molecule has 0 saturated carbocycles. The Balaban J connectivity index is 4.66. The highest BCUT2D eigenvalue weighted by Crippen LogP contribution is 2.27. The molecule has 0 aliphatic heterocycles. The van der Waals surface area contributed by atoms with Crippen LogP contribution >= 0.6 is 0 Å². The van der Waals surface area contributed by atoms with Gasteiger partial charge in [-0.25, -0.2) is 4.79 Å². The second-order valence-electron chi connectivity index (χ2n) is 7.04. The minimum absolute atomic E-state index is 0.0223. The van der Waals surface area contributed by atoms with Gasteiger partial charge in [0.25, 0.3) is 0 Å². The lowest BCUT2D eigenvalue weighted by Gasteiger charge is -2.36. The Morgan fingerprint density at radius 1 is 1.22 bits per heavy atom. The van der Waals surface area contributed by atoms with Crippen LogP contribution in [0.25, 0.3) is 0 Å². The Kier molecular flexibility index (Phi) is 6.14. The van der Waals surface area contributed by atoms with Crippen molar-refractivity contribution in [2.75, 3.05) is 6.54 Å². The molecule has 0 aromatic carbocycles. The van der Waals surface area contributed by atoms with E-state index < -0.39 is 5.60 Å². The smallest absolute Gasteiger partial charge is 0.407 e. The van der Waals surface area contributed by atoms with E-state index in [-0.39, 0.29) is 17.6 Å². The van der Waals surface area contributed by atoms with E-state index in [9.17, 15) is 4.79 Å². The first-order chi connectivity index (χ1) is 7.97. The second-order valence-corrected chi connectivity index (χ2v) is 7.04. The summed E-state index contributed by atoms with van der Waals surface area (Å²) in [6.45, 7) is 14.7. The van der Waals surface area contributed by atoms with Crippen LogP contribution in [-0.4, -0.2) is 24.3 Å². The molecule has 0 bridgehead atoms. The molecule has 0 aromatic heterocycles. The summed E-state index contributed by atoms with van der Waals surface area (Å²) in [7, 11) is 0. The van der Waals surface area contributed by atoms with E-state index in [0.717, 1.165) is 6.42 Å². The van der Waals surface area contributed by atoms with E-state index >= 15 is 0 Å². The summed E-state index contributed by atoms with van der Waals surface area (Å²) in [6, 6.07) is 0.0518. The molecule has 4 heteroatoms. The van der Waals surface area contributed by atoms with Gasteiger partial charge in [-0.2, -0.15) is 0 Å². The number of carbonyl (C=O) groups is 1. The maximum absolute atomic E-state index is 11.9. The molecule has 0 saturated heterocycles. The third-order valence-corrected chi connectivity index (χ3v) is 2.80. The largest absolute Gasteiger partial charge is 0.444 e. The van der Waals surface area contributed by atoms with Crippen LogP contribution in [0.3, 0.4) is 0 Å². The lowest BCUT2D eigenvalue weighted by molar-refractivity contribution is 0.0427. The SMILES string of the molecule is CC(CCN)C(NC(=O)OC(C)(C)C)C(C)(C)C. The second kappa shape index (κ2) is 6.41. The molecule has 0 heterocycles. The van der Waals surface area contributed by atoms with Crippen molar-refractivity contribution >= 4 is 6.09 Å². The first kappa shape index (κ1) is 17.2. The average molecular weight is 258 g/mol. The first-order valence-electron chi connectivity index (χ1n) is 6.67. The molecule has 2 unspecified atom stereocenters. The van der Waals surface area contributed by atoms with Crippen LogP contribution in [0.2, 0.25) is 0 Å². The molecular weight excluding hydrogens is 228 g/mol. The summed E-state index contributed by atoms with van der Waals surface area (Å²) in [5.41, 5.74) is 5.11. The number of amides is 1. The van der Waals surface area contributed by atoms with Crippen LogP contribution in [-0.2, 0) is 4.74 Å². The Morgan fingerprint density at radius 3 is 2.06 bits per heavy atom. The zero-order chi connectivity index (χ0) is 14.6. The molecular formula is C14H30N2O2. The fraction of sp³-hybridized carbons (Fsp3) is 0.929. The Hall–Kier alpha value is -0.770. The highest BCUT2D eigenvalue weighted by Gasteiger charge is 2.32. The minimum atomic E-state index is -0.469. The highest BCUT2D eigenvalue weighted by molar-refractivity contribution is 5.68. The molecule has 3 N–H and O–H groups in total. The van der Waals surface area contributed by atoms with Crippen molar-refractivity contribution in [3.8, 4) is 0 Å². The summed E-state index contributed by atoms with van der Waals surface area (Å²) >= 11 is 0. The molecule has 0 rings (SSSR count). The summed E-state index contributed by atoms with van der Waals surface area (Å²) in [5, 5.41) is 2.98. The number of alkyl carbamates (subject to hydrolysis) is 1. The molecule has 108 valence electrons. The normalized spacial score (nSPS) is 16.0. The average Bonchev–Trinajstić information content (AvgIpc) is 2.09. The highest BCUT2D eigenvalue weighted by atomic mass is 16.6. The van der Waals surface area contributed by atoms with Gasteiger partial charge in [0.2, 0.25) is 0 Å².